The van der Waals surface area contributed by atoms with Crippen LogP contribution in [0.1, 0.15) is 17.3 Å². The van der Waals surface area contributed by atoms with Crippen LogP contribution in [0.15, 0.2) is 66.9 Å². The van der Waals surface area contributed by atoms with E-state index in [1.807, 2.05) is 36.5 Å². The van der Waals surface area contributed by atoms with Crippen molar-refractivity contribution in [1.82, 2.24) is 9.47 Å². The summed E-state index contributed by atoms with van der Waals surface area (Å²) in [4.78, 5) is 12.7. The predicted molar refractivity (Wildman–Crippen MR) is 114 cm³/mol. The number of hydrogen-bond donors (Lipinski definition) is 1. The van der Waals surface area contributed by atoms with Crippen molar-refractivity contribution in [1.29, 1.82) is 0 Å². The summed E-state index contributed by atoms with van der Waals surface area (Å²) in [5.74, 6) is 0. The summed E-state index contributed by atoms with van der Waals surface area (Å²) in [5.41, 5.74) is 2.93. The number of nitrogens with zero attached hydrogens (tertiary/aromatic N) is 3. The maximum absolute atomic E-state index is 11.0. The molecule has 1 aliphatic rings. The molecule has 2 heterocycles. The highest BCUT2D eigenvalue weighted by Crippen LogP contribution is 2.34. The van der Waals surface area contributed by atoms with Crippen LogP contribution in [0.5, 0.6) is 0 Å². The Morgan fingerprint density at radius 2 is 1.93 bits per heavy atom. The highest BCUT2D eigenvalue weighted by Gasteiger charge is 2.30. The number of rotatable bonds is 3. The van der Waals surface area contributed by atoms with Gasteiger partial charge in [0.05, 0.1) is 11.0 Å². The van der Waals surface area contributed by atoms with Crippen molar-refractivity contribution in [3.63, 3.8) is 0 Å². The smallest absolute Gasteiger partial charge is 0.269 e. The Bertz CT molecular complexity index is 1030. The van der Waals surface area contributed by atoms with E-state index in [2.05, 4.69) is 20.9 Å². The molecule has 8 heteroatoms. The van der Waals surface area contributed by atoms with Crippen LogP contribution in [0, 0.1) is 10.1 Å². The molecule has 0 aliphatic carbocycles. The molecular weight excluding hydrogens is 396 g/mol. The van der Waals surface area contributed by atoms with Gasteiger partial charge in [-0.1, -0.05) is 17.7 Å². The Morgan fingerprint density at radius 1 is 1.14 bits per heavy atom. The van der Waals surface area contributed by atoms with E-state index in [1.54, 1.807) is 12.1 Å². The van der Waals surface area contributed by atoms with Crippen LogP contribution in [0.3, 0.4) is 0 Å². The van der Waals surface area contributed by atoms with Gasteiger partial charge in [0.15, 0.2) is 5.11 Å². The molecule has 0 fully saturated rings. The van der Waals surface area contributed by atoms with E-state index in [9.17, 15) is 10.1 Å². The lowest BCUT2D eigenvalue weighted by Crippen LogP contribution is -2.44. The fraction of sp³-hybridized carbons (Fsp3) is 0.150. The Kier molecular flexibility index (Phi) is 5.02. The fourth-order valence-electron chi connectivity index (χ4n) is 3.49. The number of thiocarbonyl (C=S) groups is 1. The molecule has 0 bridgehead atoms. The molecular formula is C20H17ClN4O2S. The second-order valence-electron chi connectivity index (χ2n) is 6.51. The third-order valence-electron chi connectivity index (χ3n) is 4.79. The van der Waals surface area contributed by atoms with Crippen molar-refractivity contribution in [3.05, 3.63) is 93.3 Å². The van der Waals surface area contributed by atoms with Crippen LogP contribution in [-0.4, -0.2) is 26.0 Å². The normalized spacial score (nSPS) is 15.8. The molecule has 0 radical (unpaired) electrons. The molecule has 1 atom stereocenters. The summed E-state index contributed by atoms with van der Waals surface area (Å²) in [7, 11) is 0. The molecule has 0 spiro atoms. The van der Waals surface area contributed by atoms with Crippen LogP contribution in [0.2, 0.25) is 5.02 Å². The Balaban J connectivity index is 1.67. The first-order valence-electron chi connectivity index (χ1n) is 8.75. The number of nitro benzene ring substituents is 1. The standard InChI is InChI=1S/C20H17ClN4O2S/c21-15-3-1-4-16(13-15)22-20(28)24-12-11-23-10-2-5-18(23)19(24)14-6-8-17(9-7-14)25(26)27/h1-10,13,19H,11-12H2,(H,22,28)/t19-/m1/s1. The number of anilines is 1. The molecule has 3 aromatic rings. The number of benzene rings is 2. The maximum atomic E-state index is 11.0. The van der Waals surface area contributed by atoms with E-state index in [1.165, 1.54) is 12.1 Å². The van der Waals surface area contributed by atoms with Crippen LogP contribution in [0.4, 0.5) is 11.4 Å². The zero-order valence-corrected chi connectivity index (χ0v) is 16.4. The average Bonchev–Trinajstić information content (AvgIpc) is 3.16. The number of non-ortho nitro benzene ring substituents is 1. The van der Waals surface area contributed by atoms with E-state index < -0.39 is 4.92 Å². The molecule has 6 nitrogen and oxygen atoms in total. The van der Waals surface area contributed by atoms with Crippen LogP contribution < -0.4 is 5.32 Å². The van der Waals surface area contributed by atoms with Gasteiger partial charge in [-0.25, -0.2) is 0 Å². The highest BCUT2D eigenvalue weighted by molar-refractivity contribution is 7.80. The van der Waals surface area contributed by atoms with E-state index >= 15 is 0 Å². The molecule has 4 rings (SSSR count). The number of hydrogen-bond acceptors (Lipinski definition) is 3. The molecule has 1 aliphatic heterocycles. The number of nitrogens with one attached hydrogen (secondary N) is 1. The van der Waals surface area contributed by atoms with E-state index in [-0.39, 0.29) is 11.7 Å². The monoisotopic (exact) mass is 412 g/mol. The summed E-state index contributed by atoms with van der Waals surface area (Å²) in [6, 6.07) is 18.0. The Hall–Kier alpha value is -2.90. The van der Waals surface area contributed by atoms with Gasteiger partial charge >= 0.3 is 0 Å². The minimum Gasteiger partial charge on any atom is -0.348 e. The Labute approximate surface area is 172 Å². The molecule has 0 saturated heterocycles. The average molecular weight is 413 g/mol. The first kappa shape index (κ1) is 18.5. The summed E-state index contributed by atoms with van der Waals surface area (Å²) in [6.45, 7) is 1.53. The molecule has 0 unspecified atom stereocenters. The van der Waals surface area contributed by atoms with Crippen molar-refractivity contribution in [2.45, 2.75) is 12.6 Å². The van der Waals surface area contributed by atoms with Gasteiger partial charge in [0, 0.05) is 47.8 Å². The van der Waals surface area contributed by atoms with Gasteiger partial charge in [-0.2, -0.15) is 0 Å². The van der Waals surface area contributed by atoms with Crippen LogP contribution in [0.25, 0.3) is 0 Å². The molecule has 0 amide bonds. The van der Waals surface area contributed by atoms with Crippen molar-refractivity contribution >= 4 is 40.3 Å². The first-order chi connectivity index (χ1) is 13.5. The molecule has 0 saturated carbocycles. The quantitative estimate of drug-likeness (QED) is 0.378. The van der Waals surface area contributed by atoms with Crippen molar-refractivity contribution < 1.29 is 4.92 Å². The van der Waals surface area contributed by atoms with Gasteiger partial charge in [0.2, 0.25) is 0 Å². The van der Waals surface area contributed by atoms with Gasteiger partial charge in [-0.3, -0.25) is 10.1 Å². The second kappa shape index (κ2) is 7.61. The minimum absolute atomic E-state index is 0.0705. The zero-order valence-electron chi connectivity index (χ0n) is 14.8. The lowest BCUT2D eigenvalue weighted by atomic mass is 10.00. The predicted octanol–water partition coefficient (Wildman–Crippen LogP) is 4.85. The van der Waals surface area contributed by atoms with Crippen molar-refractivity contribution in [3.8, 4) is 0 Å². The minimum atomic E-state index is -0.392. The van der Waals surface area contributed by atoms with Crippen LogP contribution >= 0.6 is 23.8 Å². The molecule has 1 aromatic heterocycles. The Morgan fingerprint density at radius 3 is 2.64 bits per heavy atom. The van der Waals surface area contributed by atoms with Crippen molar-refractivity contribution in [2.24, 2.45) is 0 Å². The number of fused-ring (bicyclic) bond motifs is 1. The zero-order chi connectivity index (χ0) is 19.7. The van der Waals surface area contributed by atoms with Gasteiger partial charge in [-0.05, 0) is 60.2 Å². The summed E-state index contributed by atoms with van der Waals surface area (Å²) >= 11 is 11.8. The summed E-state index contributed by atoms with van der Waals surface area (Å²) in [6.07, 6.45) is 2.04. The first-order valence-corrected chi connectivity index (χ1v) is 9.54. The maximum Gasteiger partial charge on any atom is 0.269 e. The van der Waals surface area contributed by atoms with Gasteiger partial charge in [0.25, 0.3) is 5.69 Å². The lowest BCUT2D eigenvalue weighted by Gasteiger charge is -2.39. The topological polar surface area (TPSA) is 63.3 Å². The highest BCUT2D eigenvalue weighted by atomic mass is 35.5. The van der Waals surface area contributed by atoms with Crippen molar-refractivity contribution in [2.75, 3.05) is 11.9 Å². The number of nitro groups is 1. The van der Waals surface area contributed by atoms with Crippen LogP contribution in [-0.2, 0) is 6.54 Å². The third-order valence-corrected chi connectivity index (χ3v) is 5.37. The number of halogens is 1. The van der Waals surface area contributed by atoms with E-state index in [4.69, 9.17) is 23.8 Å². The van der Waals surface area contributed by atoms with E-state index in [0.717, 1.165) is 30.0 Å². The third kappa shape index (κ3) is 3.58. The van der Waals surface area contributed by atoms with Gasteiger partial charge in [-0.15, -0.1) is 0 Å². The van der Waals surface area contributed by atoms with Gasteiger partial charge in [0.1, 0.15) is 0 Å². The summed E-state index contributed by atoms with van der Waals surface area (Å²) in [5, 5.41) is 15.5. The molecule has 142 valence electrons. The summed E-state index contributed by atoms with van der Waals surface area (Å²) < 4.78 is 2.19. The lowest BCUT2D eigenvalue weighted by molar-refractivity contribution is -0.384. The second-order valence-corrected chi connectivity index (χ2v) is 7.33. The fourth-order valence-corrected chi connectivity index (χ4v) is 4.00. The molecule has 1 N–H and O–H groups in total. The SMILES string of the molecule is O=[N+]([O-])c1ccc([C@@H]2c3cccn3CCN2C(=S)Nc2cccc(Cl)c2)cc1. The largest absolute Gasteiger partial charge is 0.348 e. The van der Waals surface area contributed by atoms with E-state index in [0.29, 0.717) is 10.1 Å². The molecule has 2 aromatic carbocycles. The van der Waals surface area contributed by atoms with Gasteiger partial charge < -0.3 is 14.8 Å². The molecule has 28 heavy (non-hydrogen) atoms. The number of aromatic nitrogens is 1.